The van der Waals surface area contributed by atoms with Crippen molar-refractivity contribution in [3.05, 3.63) is 59.7 Å². The number of rotatable bonds is 8. The molecule has 0 spiro atoms. The van der Waals surface area contributed by atoms with Gasteiger partial charge in [0.1, 0.15) is 5.75 Å². The van der Waals surface area contributed by atoms with Gasteiger partial charge in [0.2, 0.25) is 0 Å². The Kier molecular flexibility index (Phi) is 7.61. The minimum atomic E-state index is -0.531. The Morgan fingerprint density at radius 2 is 1.79 bits per heavy atom. The van der Waals surface area contributed by atoms with Gasteiger partial charge in [0.15, 0.2) is 6.61 Å². The van der Waals surface area contributed by atoms with Crippen LogP contribution >= 0.6 is 0 Å². The zero-order valence-corrected chi connectivity index (χ0v) is 16.6. The molecule has 0 aliphatic carbocycles. The molecule has 0 unspecified atom stereocenters. The van der Waals surface area contributed by atoms with Crippen LogP contribution in [0.15, 0.2) is 48.5 Å². The highest BCUT2D eigenvalue weighted by molar-refractivity contribution is 5.96. The van der Waals surface area contributed by atoms with Crippen LogP contribution in [0.5, 0.6) is 5.75 Å². The van der Waals surface area contributed by atoms with Crippen LogP contribution in [-0.4, -0.2) is 56.3 Å². The molecule has 3 rings (SSSR count). The number of nitrogens with one attached hydrogen (secondary N) is 1. The SMILES string of the molecule is CCOc1ccccc1NC(=O)COC(=O)c1ccc(CN2CCOCC2)cc1. The normalized spacial score (nSPS) is 14.2. The molecule has 0 atom stereocenters. The molecular formula is C22H26N2O5. The highest BCUT2D eigenvalue weighted by Crippen LogP contribution is 2.23. The molecule has 1 aliphatic rings. The number of nitrogens with zero attached hydrogens (tertiary/aromatic N) is 1. The van der Waals surface area contributed by atoms with E-state index in [0.717, 1.165) is 38.4 Å². The first-order valence-corrected chi connectivity index (χ1v) is 9.73. The summed E-state index contributed by atoms with van der Waals surface area (Å²) in [6.07, 6.45) is 0. The number of amides is 1. The molecule has 0 radical (unpaired) electrons. The monoisotopic (exact) mass is 398 g/mol. The molecule has 7 heteroatoms. The van der Waals surface area contributed by atoms with E-state index in [1.54, 1.807) is 30.3 Å². The van der Waals surface area contributed by atoms with Crippen molar-refractivity contribution < 1.29 is 23.8 Å². The molecule has 29 heavy (non-hydrogen) atoms. The van der Waals surface area contributed by atoms with Crippen molar-refractivity contribution in [2.45, 2.75) is 13.5 Å². The second-order valence-electron chi connectivity index (χ2n) is 6.64. The van der Waals surface area contributed by atoms with Gasteiger partial charge in [-0.05, 0) is 36.8 Å². The fraction of sp³-hybridized carbons (Fsp3) is 0.364. The fourth-order valence-corrected chi connectivity index (χ4v) is 3.02. The standard InChI is InChI=1S/C22H26N2O5/c1-2-28-20-6-4-3-5-19(20)23-21(25)16-29-22(26)18-9-7-17(8-10-18)15-24-11-13-27-14-12-24/h3-10H,2,11-16H2,1H3,(H,23,25). The van der Waals surface area contributed by atoms with Crippen molar-refractivity contribution in [3.63, 3.8) is 0 Å². The second-order valence-corrected chi connectivity index (χ2v) is 6.64. The van der Waals surface area contributed by atoms with Gasteiger partial charge < -0.3 is 19.5 Å². The highest BCUT2D eigenvalue weighted by atomic mass is 16.5. The Labute approximate surface area is 170 Å². The molecule has 1 N–H and O–H groups in total. The molecule has 1 fully saturated rings. The van der Waals surface area contributed by atoms with Gasteiger partial charge in [-0.2, -0.15) is 0 Å². The van der Waals surface area contributed by atoms with E-state index in [4.69, 9.17) is 14.2 Å². The minimum Gasteiger partial charge on any atom is -0.492 e. The zero-order chi connectivity index (χ0) is 20.5. The molecule has 154 valence electrons. The number of esters is 1. The van der Waals surface area contributed by atoms with Crippen LogP contribution < -0.4 is 10.1 Å². The first-order valence-electron chi connectivity index (χ1n) is 9.73. The lowest BCUT2D eigenvalue weighted by Crippen LogP contribution is -2.35. The van der Waals surface area contributed by atoms with Crippen LogP contribution in [0, 0.1) is 0 Å². The first-order chi connectivity index (χ1) is 14.2. The van der Waals surface area contributed by atoms with Gasteiger partial charge in [-0.3, -0.25) is 9.69 Å². The van der Waals surface area contributed by atoms with Crippen LogP contribution in [-0.2, 0) is 20.8 Å². The highest BCUT2D eigenvalue weighted by Gasteiger charge is 2.14. The van der Waals surface area contributed by atoms with Crippen molar-refractivity contribution in [2.75, 3.05) is 44.8 Å². The number of benzene rings is 2. The van der Waals surface area contributed by atoms with Gasteiger partial charge in [-0.25, -0.2) is 4.79 Å². The maximum atomic E-state index is 12.2. The summed E-state index contributed by atoms with van der Waals surface area (Å²) >= 11 is 0. The van der Waals surface area contributed by atoms with E-state index in [0.29, 0.717) is 23.6 Å². The smallest absolute Gasteiger partial charge is 0.338 e. The van der Waals surface area contributed by atoms with E-state index in [2.05, 4.69) is 10.2 Å². The summed E-state index contributed by atoms with van der Waals surface area (Å²) in [7, 11) is 0. The largest absolute Gasteiger partial charge is 0.492 e. The summed E-state index contributed by atoms with van der Waals surface area (Å²) in [4.78, 5) is 26.6. The molecule has 2 aromatic carbocycles. The molecule has 1 heterocycles. The summed E-state index contributed by atoms with van der Waals surface area (Å²) in [6.45, 7) is 6.13. The van der Waals surface area contributed by atoms with Crippen molar-refractivity contribution in [3.8, 4) is 5.75 Å². The summed E-state index contributed by atoms with van der Waals surface area (Å²) in [6, 6.07) is 14.4. The Balaban J connectivity index is 1.48. The average molecular weight is 398 g/mol. The maximum absolute atomic E-state index is 12.2. The van der Waals surface area contributed by atoms with Crippen LogP contribution in [0.4, 0.5) is 5.69 Å². The molecule has 0 aromatic heterocycles. The third-order valence-corrected chi connectivity index (χ3v) is 4.49. The average Bonchev–Trinajstić information content (AvgIpc) is 2.75. The quantitative estimate of drug-likeness (QED) is 0.689. The third kappa shape index (κ3) is 6.30. The Morgan fingerprint density at radius 1 is 1.07 bits per heavy atom. The van der Waals surface area contributed by atoms with E-state index in [-0.39, 0.29) is 6.61 Å². The van der Waals surface area contributed by atoms with Crippen LogP contribution in [0.1, 0.15) is 22.8 Å². The van der Waals surface area contributed by atoms with Crippen molar-refractivity contribution in [1.82, 2.24) is 4.90 Å². The Bertz CT molecular complexity index is 816. The van der Waals surface area contributed by atoms with Crippen LogP contribution in [0.2, 0.25) is 0 Å². The number of carbonyl (C=O) groups excluding carboxylic acids is 2. The van der Waals surface area contributed by atoms with E-state index in [1.165, 1.54) is 0 Å². The van der Waals surface area contributed by atoms with Crippen molar-refractivity contribution >= 4 is 17.6 Å². The van der Waals surface area contributed by atoms with Crippen LogP contribution in [0.3, 0.4) is 0 Å². The lowest BCUT2D eigenvalue weighted by molar-refractivity contribution is -0.119. The van der Waals surface area contributed by atoms with E-state index >= 15 is 0 Å². The molecule has 1 amide bonds. The predicted molar refractivity (Wildman–Crippen MR) is 109 cm³/mol. The summed E-state index contributed by atoms with van der Waals surface area (Å²) in [5.41, 5.74) is 2.08. The summed E-state index contributed by atoms with van der Waals surface area (Å²) in [5.74, 6) is -0.379. The van der Waals surface area contributed by atoms with E-state index in [1.807, 2.05) is 25.1 Å². The second kappa shape index (κ2) is 10.6. The number of hydrogen-bond donors (Lipinski definition) is 1. The molecular weight excluding hydrogens is 372 g/mol. The summed E-state index contributed by atoms with van der Waals surface area (Å²) in [5, 5.41) is 2.70. The number of carbonyl (C=O) groups is 2. The third-order valence-electron chi connectivity index (χ3n) is 4.49. The first kappa shape index (κ1) is 20.8. The van der Waals surface area contributed by atoms with Crippen molar-refractivity contribution in [1.29, 1.82) is 0 Å². The van der Waals surface area contributed by atoms with Gasteiger partial charge in [0.05, 0.1) is 31.1 Å². The molecule has 1 saturated heterocycles. The Morgan fingerprint density at radius 3 is 2.52 bits per heavy atom. The van der Waals surface area contributed by atoms with Gasteiger partial charge >= 0.3 is 5.97 Å². The Hall–Kier alpha value is -2.90. The number of ether oxygens (including phenoxy) is 3. The van der Waals surface area contributed by atoms with Crippen LogP contribution in [0.25, 0.3) is 0 Å². The van der Waals surface area contributed by atoms with Gasteiger partial charge in [0.25, 0.3) is 5.91 Å². The fourth-order valence-electron chi connectivity index (χ4n) is 3.02. The number of morpholine rings is 1. The molecule has 0 bridgehead atoms. The van der Waals surface area contributed by atoms with Gasteiger partial charge in [-0.15, -0.1) is 0 Å². The number of para-hydroxylation sites is 2. The van der Waals surface area contributed by atoms with Gasteiger partial charge in [0, 0.05) is 19.6 Å². The maximum Gasteiger partial charge on any atom is 0.338 e. The molecule has 0 saturated carbocycles. The molecule has 7 nitrogen and oxygen atoms in total. The lowest BCUT2D eigenvalue weighted by atomic mass is 10.1. The lowest BCUT2D eigenvalue weighted by Gasteiger charge is -2.26. The number of hydrogen-bond acceptors (Lipinski definition) is 6. The molecule has 1 aliphatic heterocycles. The summed E-state index contributed by atoms with van der Waals surface area (Å²) < 4.78 is 15.9. The van der Waals surface area contributed by atoms with E-state index < -0.39 is 11.9 Å². The van der Waals surface area contributed by atoms with Gasteiger partial charge in [-0.1, -0.05) is 24.3 Å². The van der Waals surface area contributed by atoms with E-state index in [9.17, 15) is 9.59 Å². The topological polar surface area (TPSA) is 77.1 Å². The van der Waals surface area contributed by atoms with Crippen molar-refractivity contribution in [2.24, 2.45) is 0 Å². The number of anilines is 1. The molecule has 2 aromatic rings. The minimum absolute atomic E-state index is 0.366. The predicted octanol–water partition coefficient (Wildman–Crippen LogP) is 2.71. The zero-order valence-electron chi connectivity index (χ0n) is 16.6.